The first-order chi connectivity index (χ1) is 13.6. The molecule has 0 unspecified atom stereocenters. The summed E-state index contributed by atoms with van der Waals surface area (Å²) in [5.41, 5.74) is 2.02. The number of hydrogen-bond acceptors (Lipinski definition) is 4. The van der Waals surface area contributed by atoms with Gasteiger partial charge in [0.15, 0.2) is 0 Å². The van der Waals surface area contributed by atoms with Crippen LogP contribution in [-0.4, -0.2) is 18.9 Å². The minimum Gasteiger partial charge on any atom is -0.495 e. The highest BCUT2D eigenvalue weighted by Crippen LogP contribution is 2.23. The van der Waals surface area contributed by atoms with Crippen molar-refractivity contribution in [1.29, 1.82) is 0 Å². The van der Waals surface area contributed by atoms with Crippen LogP contribution in [0.5, 0.6) is 5.75 Å². The minimum atomic E-state index is -0.499. The van der Waals surface area contributed by atoms with Crippen molar-refractivity contribution < 1.29 is 18.7 Å². The third-order valence-corrected chi connectivity index (χ3v) is 3.99. The van der Waals surface area contributed by atoms with Crippen LogP contribution in [0.4, 0.5) is 5.69 Å². The monoisotopic (exact) mass is 376 g/mol. The lowest BCUT2D eigenvalue weighted by molar-refractivity contribution is -0.113. The van der Waals surface area contributed by atoms with Gasteiger partial charge in [0, 0.05) is 11.6 Å². The number of carbonyl (C=O) groups is 2. The molecule has 6 heteroatoms. The largest absolute Gasteiger partial charge is 0.495 e. The Balaban J connectivity index is 1.85. The van der Waals surface area contributed by atoms with Gasteiger partial charge in [0.1, 0.15) is 17.2 Å². The molecule has 1 aromatic heterocycles. The number of anilines is 1. The van der Waals surface area contributed by atoms with E-state index >= 15 is 0 Å². The van der Waals surface area contributed by atoms with Gasteiger partial charge in [-0.15, -0.1) is 0 Å². The number of para-hydroxylation sites is 2. The van der Waals surface area contributed by atoms with E-state index in [1.807, 2.05) is 19.1 Å². The molecule has 28 heavy (non-hydrogen) atoms. The number of amides is 2. The number of methoxy groups -OCH3 is 1. The van der Waals surface area contributed by atoms with Gasteiger partial charge >= 0.3 is 0 Å². The molecule has 6 nitrogen and oxygen atoms in total. The maximum Gasteiger partial charge on any atom is 0.272 e. The molecule has 2 N–H and O–H groups in total. The normalized spacial score (nSPS) is 11.0. The molecular formula is C22H20N2O4. The zero-order valence-corrected chi connectivity index (χ0v) is 15.6. The molecule has 2 amide bonds. The van der Waals surface area contributed by atoms with Gasteiger partial charge < -0.3 is 19.8 Å². The maximum atomic E-state index is 12.8. The summed E-state index contributed by atoms with van der Waals surface area (Å²) in [6, 6.07) is 17.5. The average molecular weight is 376 g/mol. The van der Waals surface area contributed by atoms with Crippen LogP contribution in [0, 0.1) is 6.92 Å². The molecule has 142 valence electrons. The summed E-state index contributed by atoms with van der Waals surface area (Å²) in [6.45, 7) is 1.94. The van der Waals surface area contributed by atoms with Crippen molar-refractivity contribution in [1.82, 2.24) is 5.32 Å². The molecule has 0 spiro atoms. The first-order valence-electron chi connectivity index (χ1n) is 8.64. The standard InChI is InChI=1S/C22H20N2O4/c1-15-9-11-16(12-10-15)21(25)24-19(14-17-6-5-13-28-17)22(26)23-18-7-3-4-8-20(18)27-2/h3-14H,1-2H3,(H,23,26)(H,24,25)/b19-14+. The highest BCUT2D eigenvalue weighted by Gasteiger charge is 2.17. The van der Waals surface area contributed by atoms with Crippen molar-refractivity contribution in [2.45, 2.75) is 6.92 Å². The molecule has 0 fully saturated rings. The molecule has 0 aliphatic carbocycles. The Morgan fingerprint density at radius 2 is 1.75 bits per heavy atom. The van der Waals surface area contributed by atoms with E-state index in [0.717, 1.165) is 5.56 Å². The molecule has 0 aliphatic heterocycles. The summed E-state index contributed by atoms with van der Waals surface area (Å²) in [5, 5.41) is 5.41. The molecule has 1 heterocycles. The Hall–Kier alpha value is -3.80. The molecule has 3 rings (SSSR count). The number of carbonyl (C=O) groups excluding carboxylic acids is 2. The second-order valence-corrected chi connectivity index (χ2v) is 6.05. The molecule has 0 bridgehead atoms. The Morgan fingerprint density at radius 1 is 1.00 bits per heavy atom. The topological polar surface area (TPSA) is 80.6 Å². The number of aryl methyl sites for hydroxylation is 1. The van der Waals surface area contributed by atoms with Gasteiger partial charge in [0.05, 0.1) is 19.1 Å². The molecule has 0 atom stereocenters. The molecule has 2 aromatic carbocycles. The van der Waals surface area contributed by atoms with Crippen LogP contribution >= 0.6 is 0 Å². The van der Waals surface area contributed by atoms with Crippen molar-refractivity contribution in [3.63, 3.8) is 0 Å². The fourth-order valence-corrected chi connectivity index (χ4v) is 2.51. The van der Waals surface area contributed by atoms with Crippen molar-refractivity contribution in [3.05, 3.63) is 89.5 Å². The summed E-state index contributed by atoms with van der Waals surface area (Å²) in [5.74, 6) is 0.0572. The third-order valence-electron chi connectivity index (χ3n) is 3.99. The van der Waals surface area contributed by atoms with Gasteiger partial charge in [0.25, 0.3) is 11.8 Å². The second kappa shape index (κ2) is 8.73. The molecule has 0 saturated heterocycles. The SMILES string of the molecule is COc1ccccc1NC(=O)/C(=C\c1ccco1)NC(=O)c1ccc(C)cc1. The lowest BCUT2D eigenvalue weighted by atomic mass is 10.1. The van der Waals surface area contributed by atoms with Crippen LogP contribution in [0.15, 0.2) is 77.0 Å². The van der Waals surface area contributed by atoms with Crippen molar-refractivity contribution in [2.75, 3.05) is 12.4 Å². The van der Waals surface area contributed by atoms with E-state index in [2.05, 4.69) is 10.6 Å². The van der Waals surface area contributed by atoms with Gasteiger partial charge in [-0.2, -0.15) is 0 Å². The number of benzene rings is 2. The van der Waals surface area contributed by atoms with Crippen LogP contribution in [-0.2, 0) is 4.79 Å². The average Bonchev–Trinajstić information content (AvgIpc) is 3.21. The Kier molecular flexibility index (Phi) is 5.91. The molecule has 0 saturated carbocycles. The van der Waals surface area contributed by atoms with Gasteiger partial charge in [-0.1, -0.05) is 29.8 Å². The predicted molar refractivity (Wildman–Crippen MR) is 107 cm³/mol. The first-order valence-corrected chi connectivity index (χ1v) is 8.64. The lowest BCUT2D eigenvalue weighted by Gasteiger charge is -2.13. The number of furan rings is 1. The Bertz CT molecular complexity index is 990. The van der Waals surface area contributed by atoms with Crippen LogP contribution in [0.3, 0.4) is 0 Å². The number of rotatable bonds is 6. The van der Waals surface area contributed by atoms with Gasteiger partial charge in [-0.05, 0) is 43.3 Å². The summed E-state index contributed by atoms with van der Waals surface area (Å²) in [6.07, 6.45) is 2.96. The summed E-state index contributed by atoms with van der Waals surface area (Å²) < 4.78 is 10.5. The summed E-state index contributed by atoms with van der Waals surface area (Å²) in [7, 11) is 1.52. The third kappa shape index (κ3) is 4.67. The van der Waals surface area contributed by atoms with E-state index in [1.54, 1.807) is 48.5 Å². The number of nitrogens with one attached hydrogen (secondary N) is 2. The van der Waals surface area contributed by atoms with Crippen LogP contribution < -0.4 is 15.4 Å². The lowest BCUT2D eigenvalue weighted by Crippen LogP contribution is -2.30. The fourth-order valence-electron chi connectivity index (χ4n) is 2.51. The molecule has 3 aromatic rings. The number of ether oxygens (including phenoxy) is 1. The smallest absolute Gasteiger partial charge is 0.272 e. The van der Waals surface area contributed by atoms with Crippen LogP contribution in [0.2, 0.25) is 0 Å². The van der Waals surface area contributed by atoms with Gasteiger partial charge in [-0.25, -0.2) is 0 Å². The summed E-state index contributed by atoms with van der Waals surface area (Å²) in [4.78, 5) is 25.4. The van der Waals surface area contributed by atoms with Crippen molar-refractivity contribution in [2.24, 2.45) is 0 Å². The summed E-state index contributed by atoms with van der Waals surface area (Å²) >= 11 is 0. The second-order valence-electron chi connectivity index (χ2n) is 6.05. The maximum absolute atomic E-state index is 12.8. The zero-order chi connectivity index (χ0) is 19.9. The van der Waals surface area contributed by atoms with E-state index in [4.69, 9.17) is 9.15 Å². The van der Waals surface area contributed by atoms with Gasteiger partial charge in [-0.3, -0.25) is 9.59 Å². The minimum absolute atomic E-state index is 0.0476. The Morgan fingerprint density at radius 3 is 2.43 bits per heavy atom. The molecule has 0 aliphatic rings. The van der Waals surface area contributed by atoms with Crippen LogP contribution in [0.1, 0.15) is 21.7 Å². The molecular weight excluding hydrogens is 356 g/mol. The molecule has 0 radical (unpaired) electrons. The Labute approximate surface area is 162 Å². The number of hydrogen-bond donors (Lipinski definition) is 2. The highest BCUT2D eigenvalue weighted by molar-refractivity contribution is 6.11. The zero-order valence-electron chi connectivity index (χ0n) is 15.6. The predicted octanol–water partition coefficient (Wildman–Crippen LogP) is 4.01. The fraction of sp³-hybridized carbons (Fsp3) is 0.0909. The van der Waals surface area contributed by atoms with E-state index in [0.29, 0.717) is 22.8 Å². The first kappa shape index (κ1) is 19.0. The van der Waals surface area contributed by atoms with E-state index in [-0.39, 0.29) is 5.70 Å². The highest BCUT2D eigenvalue weighted by atomic mass is 16.5. The van der Waals surface area contributed by atoms with Crippen LogP contribution in [0.25, 0.3) is 6.08 Å². The van der Waals surface area contributed by atoms with Crippen molar-refractivity contribution in [3.8, 4) is 5.75 Å². The van der Waals surface area contributed by atoms with E-state index in [1.165, 1.54) is 19.4 Å². The van der Waals surface area contributed by atoms with Crippen molar-refractivity contribution >= 4 is 23.6 Å². The van der Waals surface area contributed by atoms with E-state index < -0.39 is 11.8 Å². The van der Waals surface area contributed by atoms with E-state index in [9.17, 15) is 9.59 Å². The quantitative estimate of drug-likeness (QED) is 0.637. The van der Waals surface area contributed by atoms with Gasteiger partial charge in [0.2, 0.25) is 0 Å².